The van der Waals surface area contributed by atoms with E-state index in [1.165, 1.54) is 0 Å². The maximum absolute atomic E-state index is 12.8. The lowest BCUT2D eigenvalue weighted by molar-refractivity contribution is 0.0670. The Morgan fingerprint density at radius 1 is 1.17 bits per heavy atom. The summed E-state index contributed by atoms with van der Waals surface area (Å²) in [5.41, 5.74) is 3.21. The minimum absolute atomic E-state index is 0.0484. The van der Waals surface area contributed by atoms with Gasteiger partial charge in [0.25, 0.3) is 11.8 Å². The van der Waals surface area contributed by atoms with Gasteiger partial charge in [0.05, 0.1) is 0 Å². The van der Waals surface area contributed by atoms with Crippen LogP contribution in [0, 0.1) is 5.92 Å². The standard InChI is InChI=1S/C24H25N3O2/c1-2-17-9-11-19(12-10-17)24(29)27-13-5-6-18(16-27)15-25-23(28)22-14-20-7-3-4-8-21(20)26-22/h2-4,7-12,14,18,26H,1,5-6,13,15-16H2,(H,25,28)/t18-/m0/s1. The van der Waals surface area contributed by atoms with Gasteiger partial charge in [-0.15, -0.1) is 0 Å². The van der Waals surface area contributed by atoms with Crippen molar-refractivity contribution in [2.45, 2.75) is 12.8 Å². The lowest BCUT2D eigenvalue weighted by Gasteiger charge is -2.33. The van der Waals surface area contributed by atoms with Crippen LogP contribution in [-0.4, -0.2) is 41.3 Å². The Morgan fingerprint density at radius 3 is 2.72 bits per heavy atom. The number of aromatic nitrogens is 1. The van der Waals surface area contributed by atoms with Gasteiger partial charge < -0.3 is 15.2 Å². The Balaban J connectivity index is 1.35. The molecule has 5 nitrogen and oxygen atoms in total. The monoisotopic (exact) mass is 387 g/mol. The predicted molar refractivity (Wildman–Crippen MR) is 116 cm³/mol. The highest BCUT2D eigenvalue weighted by molar-refractivity contribution is 5.98. The SMILES string of the molecule is C=Cc1ccc(C(=O)N2CCC[C@@H](CNC(=O)c3cc4ccccc4[nH]3)C2)cc1. The normalized spacial score (nSPS) is 16.6. The summed E-state index contributed by atoms with van der Waals surface area (Å²) in [7, 11) is 0. The van der Waals surface area contributed by atoms with Crippen LogP contribution in [0.25, 0.3) is 17.0 Å². The van der Waals surface area contributed by atoms with Gasteiger partial charge in [0, 0.05) is 36.1 Å². The lowest BCUT2D eigenvalue weighted by Crippen LogP contribution is -2.43. The Hall–Kier alpha value is -3.34. The van der Waals surface area contributed by atoms with Crippen LogP contribution in [0.3, 0.4) is 0 Å². The summed E-state index contributed by atoms with van der Waals surface area (Å²) < 4.78 is 0. The molecule has 0 saturated carbocycles. The van der Waals surface area contributed by atoms with Crippen molar-refractivity contribution < 1.29 is 9.59 Å². The van der Waals surface area contributed by atoms with Gasteiger partial charge in [0.15, 0.2) is 0 Å². The van der Waals surface area contributed by atoms with Crippen molar-refractivity contribution in [1.29, 1.82) is 0 Å². The maximum Gasteiger partial charge on any atom is 0.267 e. The highest BCUT2D eigenvalue weighted by Gasteiger charge is 2.25. The van der Waals surface area contributed by atoms with Crippen molar-refractivity contribution in [2.24, 2.45) is 5.92 Å². The van der Waals surface area contributed by atoms with E-state index in [9.17, 15) is 9.59 Å². The summed E-state index contributed by atoms with van der Waals surface area (Å²) in [6.07, 6.45) is 3.72. The summed E-state index contributed by atoms with van der Waals surface area (Å²) in [5, 5.41) is 4.05. The molecule has 2 heterocycles. The van der Waals surface area contributed by atoms with Crippen LogP contribution in [0.2, 0.25) is 0 Å². The van der Waals surface area contributed by atoms with E-state index in [1.54, 1.807) is 6.08 Å². The van der Waals surface area contributed by atoms with Gasteiger partial charge in [0.1, 0.15) is 5.69 Å². The first kappa shape index (κ1) is 19.0. The zero-order chi connectivity index (χ0) is 20.2. The van der Waals surface area contributed by atoms with E-state index in [4.69, 9.17) is 0 Å². The first-order valence-corrected chi connectivity index (χ1v) is 10.0. The fraction of sp³-hybridized carbons (Fsp3) is 0.250. The molecule has 1 aromatic heterocycles. The maximum atomic E-state index is 12.8. The summed E-state index contributed by atoms with van der Waals surface area (Å²) >= 11 is 0. The summed E-state index contributed by atoms with van der Waals surface area (Å²) in [4.78, 5) is 30.4. The third-order valence-electron chi connectivity index (χ3n) is 5.53. The number of piperidine rings is 1. The fourth-order valence-corrected chi connectivity index (χ4v) is 3.89. The summed E-state index contributed by atoms with van der Waals surface area (Å²) in [6.45, 7) is 5.72. The zero-order valence-electron chi connectivity index (χ0n) is 16.4. The fourth-order valence-electron chi connectivity index (χ4n) is 3.89. The lowest BCUT2D eigenvalue weighted by atomic mass is 9.97. The van der Waals surface area contributed by atoms with Crippen molar-refractivity contribution in [3.8, 4) is 0 Å². The number of fused-ring (bicyclic) bond motifs is 1. The van der Waals surface area contributed by atoms with Crippen molar-refractivity contribution in [3.63, 3.8) is 0 Å². The van der Waals surface area contributed by atoms with Gasteiger partial charge in [-0.2, -0.15) is 0 Å². The number of carbonyl (C=O) groups is 2. The second kappa shape index (κ2) is 8.35. The van der Waals surface area contributed by atoms with Crippen molar-refractivity contribution in [2.75, 3.05) is 19.6 Å². The molecule has 148 valence electrons. The second-order valence-corrected chi connectivity index (χ2v) is 7.57. The molecule has 2 amide bonds. The molecule has 1 saturated heterocycles. The Bertz CT molecular complexity index is 1000. The van der Waals surface area contributed by atoms with E-state index in [0.717, 1.165) is 35.9 Å². The van der Waals surface area contributed by atoms with Gasteiger partial charge in [-0.3, -0.25) is 9.59 Å². The van der Waals surface area contributed by atoms with Crippen LogP contribution >= 0.6 is 0 Å². The Kier molecular flexibility index (Phi) is 5.47. The molecule has 0 radical (unpaired) electrons. The molecule has 3 aromatic rings. The number of amides is 2. The topological polar surface area (TPSA) is 65.2 Å². The zero-order valence-corrected chi connectivity index (χ0v) is 16.4. The number of aromatic amines is 1. The van der Waals surface area contributed by atoms with Crippen LogP contribution in [0.15, 0.2) is 61.2 Å². The van der Waals surface area contributed by atoms with Gasteiger partial charge >= 0.3 is 0 Å². The smallest absolute Gasteiger partial charge is 0.267 e. The molecule has 1 fully saturated rings. The molecule has 5 heteroatoms. The number of hydrogen-bond acceptors (Lipinski definition) is 2. The Labute approximate surface area is 170 Å². The number of carbonyl (C=O) groups excluding carboxylic acids is 2. The summed E-state index contributed by atoms with van der Waals surface area (Å²) in [5.74, 6) is 0.199. The predicted octanol–water partition coefficient (Wildman–Crippen LogP) is 4.09. The van der Waals surface area contributed by atoms with E-state index < -0.39 is 0 Å². The number of nitrogens with one attached hydrogen (secondary N) is 2. The molecule has 0 spiro atoms. The number of likely N-dealkylation sites (tertiary alicyclic amines) is 1. The second-order valence-electron chi connectivity index (χ2n) is 7.57. The van der Waals surface area contributed by atoms with Gasteiger partial charge in [0.2, 0.25) is 0 Å². The minimum Gasteiger partial charge on any atom is -0.351 e. The minimum atomic E-state index is -0.107. The van der Waals surface area contributed by atoms with E-state index in [0.29, 0.717) is 24.3 Å². The van der Waals surface area contributed by atoms with Crippen LogP contribution < -0.4 is 5.32 Å². The number of nitrogens with zero attached hydrogens (tertiary/aromatic N) is 1. The quantitative estimate of drug-likeness (QED) is 0.692. The molecular weight excluding hydrogens is 362 g/mol. The molecule has 1 atom stereocenters. The molecule has 2 N–H and O–H groups in total. The molecule has 0 unspecified atom stereocenters. The molecule has 1 aliphatic heterocycles. The largest absolute Gasteiger partial charge is 0.351 e. The average molecular weight is 387 g/mol. The number of hydrogen-bond donors (Lipinski definition) is 2. The molecule has 1 aliphatic rings. The molecule has 0 aliphatic carbocycles. The number of H-pyrrole nitrogens is 1. The molecular formula is C24H25N3O2. The van der Waals surface area contributed by atoms with Crippen molar-refractivity contribution in [3.05, 3.63) is 78.0 Å². The van der Waals surface area contributed by atoms with E-state index in [1.807, 2.05) is 59.5 Å². The Morgan fingerprint density at radius 2 is 1.97 bits per heavy atom. The van der Waals surface area contributed by atoms with E-state index in [-0.39, 0.29) is 17.7 Å². The molecule has 2 aromatic carbocycles. The molecule has 29 heavy (non-hydrogen) atoms. The first-order valence-electron chi connectivity index (χ1n) is 10.0. The van der Waals surface area contributed by atoms with Crippen molar-refractivity contribution in [1.82, 2.24) is 15.2 Å². The van der Waals surface area contributed by atoms with Gasteiger partial charge in [-0.25, -0.2) is 0 Å². The third kappa shape index (κ3) is 4.24. The molecule has 4 rings (SSSR count). The third-order valence-corrected chi connectivity index (χ3v) is 5.53. The highest BCUT2D eigenvalue weighted by atomic mass is 16.2. The van der Waals surface area contributed by atoms with Gasteiger partial charge in [-0.1, -0.05) is 43.0 Å². The number of para-hydroxylation sites is 1. The van der Waals surface area contributed by atoms with Crippen LogP contribution in [-0.2, 0) is 0 Å². The van der Waals surface area contributed by atoms with E-state index >= 15 is 0 Å². The van der Waals surface area contributed by atoms with Crippen LogP contribution in [0.1, 0.15) is 39.3 Å². The first-order chi connectivity index (χ1) is 14.1. The average Bonchev–Trinajstić information content (AvgIpc) is 3.22. The summed E-state index contributed by atoms with van der Waals surface area (Å²) in [6, 6.07) is 17.2. The number of rotatable bonds is 5. The van der Waals surface area contributed by atoms with Crippen LogP contribution in [0.4, 0.5) is 0 Å². The van der Waals surface area contributed by atoms with Crippen molar-refractivity contribution >= 4 is 28.8 Å². The van der Waals surface area contributed by atoms with Gasteiger partial charge in [-0.05, 0) is 48.6 Å². The van der Waals surface area contributed by atoms with Crippen LogP contribution in [0.5, 0.6) is 0 Å². The highest BCUT2D eigenvalue weighted by Crippen LogP contribution is 2.19. The number of benzene rings is 2. The molecule has 0 bridgehead atoms. The van der Waals surface area contributed by atoms with E-state index in [2.05, 4.69) is 16.9 Å².